The summed E-state index contributed by atoms with van der Waals surface area (Å²) in [5, 5.41) is 4.83. The third kappa shape index (κ3) is 3.71. The smallest absolute Gasteiger partial charge is 0.244 e. The summed E-state index contributed by atoms with van der Waals surface area (Å²) >= 11 is 6.52. The topological polar surface area (TPSA) is 78.8 Å². The summed E-state index contributed by atoms with van der Waals surface area (Å²) in [6, 6.07) is 28.7. The van der Waals surface area contributed by atoms with E-state index in [0.717, 1.165) is 38.9 Å². The fourth-order valence-electron chi connectivity index (χ4n) is 7.26. The highest BCUT2D eigenvalue weighted by Crippen LogP contribution is 2.63. The van der Waals surface area contributed by atoms with E-state index in [2.05, 4.69) is 10.5 Å². The molecule has 0 aromatic heterocycles. The molecule has 4 aromatic rings. The number of halogens is 1. The quantitative estimate of drug-likeness (QED) is 0.185. The number of anilines is 1. The fourth-order valence-corrected chi connectivity index (χ4v) is 7.49. The third-order valence-electron chi connectivity index (χ3n) is 9.17. The molecule has 2 atom stereocenters. The molecular formula is C35H28ClN3O3. The Morgan fingerprint density at radius 3 is 2.19 bits per heavy atom. The molecule has 4 aromatic carbocycles. The molecule has 0 radical (unpaired) electrons. The molecule has 1 heterocycles. The molecule has 2 bridgehead atoms. The zero-order valence-corrected chi connectivity index (χ0v) is 23.9. The number of aryl methyl sites for hydroxylation is 2. The van der Waals surface area contributed by atoms with Crippen molar-refractivity contribution in [2.75, 3.05) is 4.90 Å². The second-order valence-electron chi connectivity index (χ2n) is 11.4. The lowest BCUT2D eigenvalue weighted by Crippen LogP contribution is -2.54. The molecule has 0 saturated carbocycles. The van der Waals surface area contributed by atoms with Crippen LogP contribution >= 0.6 is 11.6 Å². The molecule has 7 heteroatoms. The number of hydrogen-bond donors (Lipinski definition) is 1. The SMILES string of the molecule is Cc1ccc(CC(=O)N/N=C\C23c4ccccc4C(c4ccccc42)[C@@H]2C(=O)N(c4ccccc4Cl)C(=O)[C@H]23)cc1C. The highest BCUT2D eigenvalue weighted by molar-refractivity contribution is 6.36. The van der Waals surface area contributed by atoms with E-state index >= 15 is 0 Å². The second-order valence-corrected chi connectivity index (χ2v) is 11.8. The van der Waals surface area contributed by atoms with Crippen LogP contribution in [-0.2, 0) is 26.2 Å². The Kier molecular flexibility index (Phi) is 6.13. The molecule has 208 valence electrons. The van der Waals surface area contributed by atoms with Crippen molar-refractivity contribution in [2.45, 2.75) is 31.6 Å². The first kappa shape index (κ1) is 26.4. The van der Waals surface area contributed by atoms with Crippen LogP contribution in [0.1, 0.15) is 44.9 Å². The summed E-state index contributed by atoms with van der Waals surface area (Å²) in [7, 11) is 0. The number of imide groups is 1. The Bertz CT molecular complexity index is 1780. The highest BCUT2D eigenvalue weighted by atomic mass is 35.5. The summed E-state index contributed by atoms with van der Waals surface area (Å²) in [5.41, 5.74) is 9.03. The van der Waals surface area contributed by atoms with Gasteiger partial charge < -0.3 is 0 Å². The van der Waals surface area contributed by atoms with Crippen molar-refractivity contribution in [3.05, 3.63) is 135 Å². The predicted octanol–water partition coefficient (Wildman–Crippen LogP) is 5.85. The first-order chi connectivity index (χ1) is 20.3. The van der Waals surface area contributed by atoms with E-state index in [4.69, 9.17) is 11.6 Å². The van der Waals surface area contributed by atoms with Gasteiger partial charge in [0.15, 0.2) is 0 Å². The number of carbonyl (C=O) groups is 3. The van der Waals surface area contributed by atoms with Crippen LogP contribution in [0.25, 0.3) is 0 Å². The number of benzene rings is 4. The van der Waals surface area contributed by atoms with Gasteiger partial charge in [0.05, 0.1) is 34.4 Å². The number of nitrogens with zero attached hydrogens (tertiary/aromatic N) is 2. The van der Waals surface area contributed by atoms with E-state index < -0.39 is 17.3 Å². The van der Waals surface area contributed by atoms with E-state index in [-0.39, 0.29) is 30.1 Å². The number of carbonyl (C=O) groups excluding carboxylic acids is 3. The van der Waals surface area contributed by atoms with E-state index in [0.29, 0.717) is 10.7 Å². The Morgan fingerprint density at radius 2 is 1.52 bits per heavy atom. The number of nitrogens with one attached hydrogen (secondary N) is 1. The number of para-hydroxylation sites is 1. The molecule has 1 aliphatic heterocycles. The summed E-state index contributed by atoms with van der Waals surface area (Å²) in [6.07, 6.45) is 1.85. The number of amides is 3. The first-order valence-corrected chi connectivity index (χ1v) is 14.4. The van der Waals surface area contributed by atoms with Gasteiger partial charge in [-0.15, -0.1) is 0 Å². The van der Waals surface area contributed by atoms with Crippen molar-refractivity contribution in [1.29, 1.82) is 0 Å². The Balaban J connectivity index is 1.34. The van der Waals surface area contributed by atoms with Crippen molar-refractivity contribution >= 4 is 41.2 Å². The minimum atomic E-state index is -1.07. The van der Waals surface area contributed by atoms with E-state index in [1.807, 2.05) is 80.6 Å². The van der Waals surface area contributed by atoms with E-state index in [9.17, 15) is 14.4 Å². The van der Waals surface area contributed by atoms with Crippen LogP contribution in [0.3, 0.4) is 0 Å². The van der Waals surface area contributed by atoms with Crippen LogP contribution in [0.15, 0.2) is 96.1 Å². The molecule has 6 nitrogen and oxygen atoms in total. The fraction of sp³-hybridized carbons (Fsp3) is 0.200. The van der Waals surface area contributed by atoms with Crippen LogP contribution < -0.4 is 10.3 Å². The van der Waals surface area contributed by atoms with Crippen molar-refractivity contribution in [2.24, 2.45) is 16.9 Å². The molecule has 8 rings (SSSR count). The van der Waals surface area contributed by atoms with Gasteiger partial charge in [-0.25, -0.2) is 10.3 Å². The predicted molar refractivity (Wildman–Crippen MR) is 163 cm³/mol. The molecule has 4 aliphatic rings. The van der Waals surface area contributed by atoms with Crippen LogP contribution in [-0.4, -0.2) is 23.9 Å². The largest absolute Gasteiger partial charge is 0.274 e. The monoisotopic (exact) mass is 573 g/mol. The van der Waals surface area contributed by atoms with Crippen LogP contribution in [0, 0.1) is 25.7 Å². The van der Waals surface area contributed by atoms with Crippen LogP contribution in [0.5, 0.6) is 0 Å². The third-order valence-corrected chi connectivity index (χ3v) is 9.49. The Labute approximate surface area is 249 Å². The molecule has 1 saturated heterocycles. The normalized spacial score (nSPS) is 23.6. The summed E-state index contributed by atoms with van der Waals surface area (Å²) in [5.74, 6) is -2.54. The number of rotatable bonds is 5. The minimum absolute atomic E-state index is 0.171. The molecule has 3 amide bonds. The van der Waals surface area contributed by atoms with Gasteiger partial charge in [0.1, 0.15) is 0 Å². The summed E-state index contributed by atoms with van der Waals surface area (Å²) in [6.45, 7) is 4.05. The molecule has 1 fully saturated rings. The summed E-state index contributed by atoms with van der Waals surface area (Å²) in [4.78, 5) is 42.9. The lowest BCUT2D eigenvalue weighted by Gasteiger charge is -2.52. The van der Waals surface area contributed by atoms with Gasteiger partial charge in [0.2, 0.25) is 17.7 Å². The van der Waals surface area contributed by atoms with E-state index in [1.165, 1.54) is 4.90 Å². The van der Waals surface area contributed by atoms with Crippen LogP contribution in [0.4, 0.5) is 5.69 Å². The van der Waals surface area contributed by atoms with Gasteiger partial charge in [-0.05, 0) is 64.9 Å². The standard InChI is InChI=1S/C35H28ClN3O3/c1-20-15-16-22(17-21(20)2)18-29(40)38-37-19-35-25-11-5-3-9-23(25)30(24-10-4-6-12-26(24)35)31-32(35)34(42)39(33(31)41)28-14-8-7-13-27(28)36/h3-17,19,30-32H,18H2,1-2H3,(H,38,40)/b37-19-/t30?,31-,32-,35?/m0/s1. The van der Waals surface area contributed by atoms with Crippen molar-refractivity contribution in [1.82, 2.24) is 5.43 Å². The van der Waals surface area contributed by atoms with Crippen molar-refractivity contribution in [3.63, 3.8) is 0 Å². The number of hydrogen-bond acceptors (Lipinski definition) is 4. The highest BCUT2D eigenvalue weighted by Gasteiger charge is 2.68. The molecule has 1 N–H and O–H groups in total. The molecular weight excluding hydrogens is 546 g/mol. The summed E-state index contributed by atoms with van der Waals surface area (Å²) < 4.78 is 0. The zero-order chi connectivity index (χ0) is 29.2. The minimum Gasteiger partial charge on any atom is -0.274 e. The Morgan fingerprint density at radius 1 is 0.881 bits per heavy atom. The lowest BCUT2D eigenvalue weighted by molar-refractivity contribution is -0.123. The zero-order valence-electron chi connectivity index (χ0n) is 23.2. The molecule has 0 unspecified atom stereocenters. The van der Waals surface area contributed by atoms with Crippen molar-refractivity contribution in [3.8, 4) is 0 Å². The van der Waals surface area contributed by atoms with E-state index in [1.54, 1.807) is 30.5 Å². The average Bonchev–Trinajstić information content (AvgIpc) is 3.26. The maximum Gasteiger partial charge on any atom is 0.244 e. The second kappa shape index (κ2) is 9.78. The number of hydrazone groups is 1. The maximum atomic E-state index is 14.4. The van der Waals surface area contributed by atoms with Gasteiger partial charge in [-0.2, -0.15) is 5.10 Å². The Hall–Kier alpha value is -4.55. The molecule has 0 spiro atoms. The van der Waals surface area contributed by atoms with Gasteiger partial charge in [-0.3, -0.25) is 14.4 Å². The first-order valence-electron chi connectivity index (χ1n) is 14.0. The van der Waals surface area contributed by atoms with Crippen LogP contribution in [0.2, 0.25) is 5.02 Å². The molecule has 42 heavy (non-hydrogen) atoms. The van der Waals surface area contributed by atoms with Gasteiger partial charge in [0.25, 0.3) is 0 Å². The maximum absolute atomic E-state index is 14.4. The van der Waals surface area contributed by atoms with Crippen molar-refractivity contribution < 1.29 is 14.4 Å². The van der Waals surface area contributed by atoms with Gasteiger partial charge in [0, 0.05) is 12.1 Å². The van der Waals surface area contributed by atoms with Gasteiger partial charge >= 0.3 is 0 Å². The molecule has 3 aliphatic carbocycles. The average molecular weight is 574 g/mol. The lowest BCUT2D eigenvalue weighted by atomic mass is 9.47. The van der Waals surface area contributed by atoms with Gasteiger partial charge in [-0.1, -0.05) is 90.5 Å².